The zero-order valence-electron chi connectivity index (χ0n) is 13.2. The van der Waals surface area contributed by atoms with Crippen molar-refractivity contribution in [2.24, 2.45) is 11.7 Å². The Kier molecular flexibility index (Phi) is 5.25. The van der Waals surface area contributed by atoms with Gasteiger partial charge in [-0.25, -0.2) is 4.79 Å². The summed E-state index contributed by atoms with van der Waals surface area (Å²) in [4.78, 5) is 13.8. The van der Waals surface area contributed by atoms with E-state index in [-0.39, 0.29) is 11.6 Å². The smallest absolute Gasteiger partial charge is 0.410 e. The number of carbonyl (C=O) groups excluding carboxylic acids is 1. The molecule has 1 amide bonds. The van der Waals surface area contributed by atoms with Crippen LogP contribution in [0.25, 0.3) is 0 Å². The van der Waals surface area contributed by atoms with Crippen molar-refractivity contribution < 1.29 is 9.53 Å². The van der Waals surface area contributed by atoms with Gasteiger partial charge in [-0.1, -0.05) is 13.8 Å². The Hall–Kier alpha value is -0.770. The van der Waals surface area contributed by atoms with Crippen LogP contribution in [0.4, 0.5) is 4.79 Å². The van der Waals surface area contributed by atoms with Gasteiger partial charge in [0.1, 0.15) is 5.60 Å². The maximum absolute atomic E-state index is 12.0. The lowest BCUT2D eigenvalue weighted by molar-refractivity contribution is 0.0142. The number of hydrogen-bond acceptors (Lipinski definition) is 3. The quantitative estimate of drug-likeness (QED) is 0.857. The van der Waals surface area contributed by atoms with Gasteiger partial charge in [0.15, 0.2) is 0 Å². The Morgan fingerprint density at radius 3 is 2.05 bits per heavy atom. The summed E-state index contributed by atoms with van der Waals surface area (Å²) in [6.45, 7) is 11.5. The third-order valence-corrected chi connectivity index (χ3v) is 4.28. The predicted octanol–water partition coefficient (Wildman–Crippen LogP) is 3.15. The zero-order valence-corrected chi connectivity index (χ0v) is 13.2. The molecule has 0 unspecified atom stereocenters. The van der Waals surface area contributed by atoms with E-state index in [2.05, 4.69) is 13.8 Å². The van der Waals surface area contributed by atoms with Gasteiger partial charge in [0.2, 0.25) is 0 Å². The largest absolute Gasteiger partial charge is 0.444 e. The van der Waals surface area contributed by atoms with Crippen LogP contribution in [0.15, 0.2) is 0 Å². The molecule has 0 aromatic rings. The molecule has 1 rings (SSSR count). The second-order valence-electron chi connectivity index (χ2n) is 6.68. The number of likely N-dealkylation sites (tertiary alicyclic amines) is 1. The highest BCUT2D eigenvalue weighted by Crippen LogP contribution is 2.31. The molecule has 0 aliphatic carbocycles. The van der Waals surface area contributed by atoms with Crippen molar-refractivity contribution in [3.63, 3.8) is 0 Å². The maximum atomic E-state index is 12.0. The molecule has 2 N–H and O–H groups in total. The molecule has 0 atom stereocenters. The normalized spacial score (nSPS) is 18.5. The Morgan fingerprint density at radius 1 is 1.21 bits per heavy atom. The third-order valence-electron chi connectivity index (χ3n) is 4.28. The van der Waals surface area contributed by atoms with Crippen molar-refractivity contribution in [3.05, 3.63) is 0 Å². The summed E-state index contributed by atoms with van der Waals surface area (Å²) < 4.78 is 5.41. The van der Waals surface area contributed by atoms with Gasteiger partial charge in [0.05, 0.1) is 0 Å². The molecule has 4 heteroatoms. The first-order valence-corrected chi connectivity index (χ1v) is 7.48. The van der Waals surface area contributed by atoms with Crippen LogP contribution in [-0.4, -0.2) is 35.2 Å². The average molecular weight is 270 g/mol. The van der Waals surface area contributed by atoms with Crippen LogP contribution >= 0.6 is 0 Å². The first kappa shape index (κ1) is 16.3. The Labute approximate surface area is 117 Å². The van der Waals surface area contributed by atoms with Gasteiger partial charge < -0.3 is 15.4 Å². The predicted molar refractivity (Wildman–Crippen MR) is 78.0 cm³/mol. The first-order chi connectivity index (χ1) is 8.72. The lowest BCUT2D eigenvalue weighted by Crippen LogP contribution is -2.52. The summed E-state index contributed by atoms with van der Waals surface area (Å²) in [5.74, 6) is 0.515. The van der Waals surface area contributed by atoms with Gasteiger partial charge in [-0.2, -0.15) is 0 Å². The van der Waals surface area contributed by atoms with Gasteiger partial charge in [-0.3, -0.25) is 0 Å². The van der Waals surface area contributed by atoms with Crippen molar-refractivity contribution in [2.75, 3.05) is 13.1 Å². The van der Waals surface area contributed by atoms with Crippen LogP contribution in [0.3, 0.4) is 0 Å². The molecule has 0 spiro atoms. The lowest BCUT2D eigenvalue weighted by Gasteiger charge is -2.42. The fourth-order valence-corrected chi connectivity index (χ4v) is 2.79. The second kappa shape index (κ2) is 6.12. The molecule has 1 aliphatic rings. The highest BCUT2D eigenvalue weighted by molar-refractivity contribution is 5.68. The molecule has 0 radical (unpaired) electrons. The maximum Gasteiger partial charge on any atom is 0.410 e. The summed E-state index contributed by atoms with van der Waals surface area (Å²) in [7, 11) is 0. The molecule has 0 saturated carbocycles. The van der Waals surface area contributed by atoms with Crippen molar-refractivity contribution in [1.82, 2.24) is 4.90 Å². The fraction of sp³-hybridized carbons (Fsp3) is 0.933. The van der Waals surface area contributed by atoms with Crippen molar-refractivity contribution >= 4 is 6.09 Å². The molecule has 1 heterocycles. The van der Waals surface area contributed by atoms with E-state index in [1.54, 1.807) is 0 Å². The van der Waals surface area contributed by atoms with Gasteiger partial charge in [-0.15, -0.1) is 0 Å². The van der Waals surface area contributed by atoms with Crippen molar-refractivity contribution in [2.45, 2.75) is 71.4 Å². The summed E-state index contributed by atoms with van der Waals surface area (Å²) in [5.41, 5.74) is 5.97. The van der Waals surface area contributed by atoms with E-state index in [0.717, 1.165) is 38.8 Å². The summed E-state index contributed by atoms with van der Waals surface area (Å²) in [5, 5.41) is 0. The Bertz CT molecular complexity index is 298. The van der Waals surface area contributed by atoms with E-state index in [9.17, 15) is 4.79 Å². The lowest BCUT2D eigenvalue weighted by atomic mass is 9.75. The van der Waals surface area contributed by atoms with Crippen molar-refractivity contribution in [3.8, 4) is 0 Å². The summed E-state index contributed by atoms with van der Waals surface area (Å²) in [6, 6.07) is 0. The molecule has 1 fully saturated rings. The average Bonchev–Trinajstić information content (AvgIpc) is 2.36. The van der Waals surface area contributed by atoms with E-state index < -0.39 is 5.60 Å². The number of ether oxygens (including phenoxy) is 1. The zero-order chi connectivity index (χ0) is 14.7. The number of rotatable bonds is 3. The van der Waals surface area contributed by atoms with Crippen LogP contribution in [0.5, 0.6) is 0 Å². The fourth-order valence-electron chi connectivity index (χ4n) is 2.79. The number of hydrogen-bond donors (Lipinski definition) is 1. The van der Waals surface area contributed by atoms with Gasteiger partial charge in [0, 0.05) is 18.6 Å². The van der Waals surface area contributed by atoms with E-state index >= 15 is 0 Å². The number of nitrogens with zero attached hydrogens (tertiary/aromatic N) is 1. The molecule has 112 valence electrons. The Balaban J connectivity index is 2.51. The van der Waals surface area contributed by atoms with Crippen LogP contribution in [0.1, 0.15) is 60.3 Å². The van der Waals surface area contributed by atoms with Crippen LogP contribution in [0.2, 0.25) is 0 Å². The minimum atomic E-state index is -0.418. The molecule has 0 aromatic carbocycles. The van der Waals surface area contributed by atoms with E-state index in [1.165, 1.54) is 0 Å². The first-order valence-electron chi connectivity index (χ1n) is 7.48. The monoisotopic (exact) mass is 270 g/mol. The summed E-state index contributed by atoms with van der Waals surface area (Å²) in [6.07, 6.45) is 3.78. The SMILES string of the molecule is CCC(N)(CC)C1CCN(C(=O)OC(C)(C)C)CC1. The van der Waals surface area contributed by atoms with Gasteiger partial charge >= 0.3 is 6.09 Å². The highest BCUT2D eigenvalue weighted by atomic mass is 16.6. The molecule has 0 aromatic heterocycles. The minimum Gasteiger partial charge on any atom is -0.444 e. The van der Waals surface area contributed by atoms with E-state index in [1.807, 2.05) is 25.7 Å². The highest BCUT2D eigenvalue weighted by Gasteiger charge is 2.35. The minimum absolute atomic E-state index is 0.0694. The number of amides is 1. The van der Waals surface area contributed by atoms with Crippen molar-refractivity contribution in [1.29, 1.82) is 0 Å². The van der Waals surface area contributed by atoms with Crippen LogP contribution < -0.4 is 5.73 Å². The van der Waals surface area contributed by atoms with Gasteiger partial charge in [0.25, 0.3) is 0 Å². The van der Waals surface area contributed by atoms with E-state index in [0.29, 0.717) is 5.92 Å². The molecule has 0 bridgehead atoms. The molecule has 1 saturated heterocycles. The number of nitrogens with two attached hydrogens (primary N) is 1. The molecule has 19 heavy (non-hydrogen) atoms. The number of carbonyl (C=O) groups is 1. The topological polar surface area (TPSA) is 55.6 Å². The molecular weight excluding hydrogens is 240 g/mol. The van der Waals surface area contributed by atoms with Crippen LogP contribution in [-0.2, 0) is 4.74 Å². The Morgan fingerprint density at radius 2 is 1.68 bits per heavy atom. The number of piperidine rings is 1. The molecular formula is C15H30N2O2. The standard InChI is InChI=1S/C15H30N2O2/c1-6-15(16,7-2)12-8-10-17(11-9-12)13(18)19-14(3,4)5/h12H,6-11,16H2,1-5H3. The molecule has 4 nitrogen and oxygen atoms in total. The third kappa shape index (κ3) is 4.37. The molecule has 1 aliphatic heterocycles. The van der Waals surface area contributed by atoms with E-state index in [4.69, 9.17) is 10.5 Å². The van der Waals surface area contributed by atoms with Gasteiger partial charge in [-0.05, 0) is 52.4 Å². The van der Waals surface area contributed by atoms with Crippen LogP contribution in [0, 0.1) is 5.92 Å². The second-order valence-corrected chi connectivity index (χ2v) is 6.68. The summed E-state index contributed by atoms with van der Waals surface area (Å²) >= 11 is 0.